The van der Waals surface area contributed by atoms with Gasteiger partial charge >= 0.3 is 5.97 Å². The van der Waals surface area contributed by atoms with E-state index in [2.05, 4.69) is 15.4 Å². The molecule has 21 heavy (non-hydrogen) atoms. The maximum atomic E-state index is 12.2. The van der Waals surface area contributed by atoms with Gasteiger partial charge in [0.05, 0.1) is 18.4 Å². The number of hydrogen-bond acceptors (Lipinski definition) is 4. The van der Waals surface area contributed by atoms with E-state index in [1.54, 1.807) is 24.3 Å². The third-order valence-corrected chi connectivity index (χ3v) is 2.47. The largest absolute Gasteiger partial charge is 0.469 e. The second-order valence-electron chi connectivity index (χ2n) is 5.55. The van der Waals surface area contributed by atoms with E-state index >= 15 is 0 Å². The first-order valence-corrected chi connectivity index (χ1v) is 6.51. The lowest BCUT2D eigenvalue weighted by molar-refractivity contribution is -0.142. The number of amides is 2. The number of rotatable bonds is 4. The van der Waals surface area contributed by atoms with Crippen LogP contribution < -0.4 is 10.6 Å². The van der Waals surface area contributed by atoms with Gasteiger partial charge in [0.1, 0.15) is 6.42 Å². The van der Waals surface area contributed by atoms with Crippen molar-refractivity contribution in [3.63, 3.8) is 0 Å². The van der Waals surface area contributed by atoms with E-state index < -0.39 is 18.3 Å². The number of ether oxygens (including phenoxy) is 1. The quantitative estimate of drug-likeness (QED) is 0.653. The van der Waals surface area contributed by atoms with Crippen LogP contribution >= 0.6 is 0 Å². The van der Waals surface area contributed by atoms with Crippen LogP contribution in [0.2, 0.25) is 0 Å². The third kappa shape index (κ3) is 5.64. The molecule has 1 aromatic rings. The zero-order chi connectivity index (χ0) is 16.0. The number of para-hydroxylation sites is 1. The van der Waals surface area contributed by atoms with Gasteiger partial charge in [-0.2, -0.15) is 0 Å². The van der Waals surface area contributed by atoms with E-state index in [1.165, 1.54) is 7.11 Å². The number of anilines is 1. The monoisotopic (exact) mass is 292 g/mol. The van der Waals surface area contributed by atoms with Crippen LogP contribution in [0.4, 0.5) is 5.69 Å². The van der Waals surface area contributed by atoms with Crippen LogP contribution in [0.15, 0.2) is 24.3 Å². The molecule has 1 rings (SSSR count). The van der Waals surface area contributed by atoms with Crippen molar-refractivity contribution in [1.29, 1.82) is 0 Å². The fourth-order valence-electron chi connectivity index (χ4n) is 1.60. The van der Waals surface area contributed by atoms with Gasteiger partial charge in [-0.3, -0.25) is 14.4 Å². The van der Waals surface area contributed by atoms with Crippen molar-refractivity contribution in [2.24, 2.45) is 0 Å². The molecule has 0 fully saturated rings. The Balaban J connectivity index is 2.87. The second kappa shape index (κ2) is 6.88. The molecule has 0 aliphatic carbocycles. The van der Waals surface area contributed by atoms with E-state index in [-0.39, 0.29) is 11.4 Å². The molecule has 6 heteroatoms. The topological polar surface area (TPSA) is 84.5 Å². The Morgan fingerprint density at radius 1 is 1.14 bits per heavy atom. The highest BCUT2D eigenvalue weighted by atomic mass is 16.5. The molecule has 0 aliphatic rings. The van der Waals surface area contributed by atoms with Crippen molar-refractivity contribution in [2.45, 2.75) is 32.7 Å². The summed E-state index contributed by atoms with van der Waals surface area (Å²) < 4.78 is 4.42. The SMILES string of the molecule is COC(=O)CC(=O)Nc1ccccc1C(=O)NC(C)(C)C. The van der Waals surface area contributed by atoms with E-state index in [1.807, 2.05) is 20.8 Å². The molecule has 0 saturated heterocycles. The molecular weight excluding hydrogens is 272 g/mol. The lowest BCUT2D eigenvalue weighted by Crippen LogP contribution is -2.40. The van der Waals surface area contributed by atoms with Crippen molar-refractivity contribution in [3.05, 3.63) is 29.8 Å². The lowest BCUT2D eigenvalue weighted by Gasteiger charge is -2.21. The minimum absolute atomic E-state index is 0.295. The molecule has 2 N–H and O–H groups in total. The first kappa shape index (κ1) is 16.7. The number of carbonyl (C=O) groups excluding carboxylic acids is 3. The average molecular weight is 292 g/mol. The van der Waals surface area contributed by atoms with Crippen LogP contribution in [0.5, 0.6) is 0 Å². The van der Waals surface area contributed by atoms with Crippen molar-refractivity contribution in [1.82, 2.24) is 5.32 Å². The van der Waals surface area contributed by atoms with E-state index in [0.29, 0.717) is 11.3 Å². The highest BCUT2D eigenvalue weighted by Gasteiger charge is 2.19. The molecule has 6 nitrogen and oxygen atoms in total. The van der Waals surface area contributed by atoms with Crippen LogP contribution in [0.25, 0.3) is 0 Å². The maximum absolute atomic E-state index is 12.2. The molecule has 0 bridgehead atoms. The Morgan fingerprint density at radius 3 is 2.33 bits per heavy atom. The third-order valence-electron chi connectivity index (χ3n) is 2.47. The number of esters is 1. The van der Waals surface area contributed by atoms with E-state index in [0.717, 1.165) is 0 Å². The summed E-state index contributed by atoms with van der Waals surface area (Å²) in [4.78, 5) is 34.9. The standard InChI is InChI=1S/C15H20N2O4/c1-15(2,3)17-14(20)10-7-5-6-8-11(10)16-12(18)9-13(19)21-4/h5-8H,9H2,1-4H3,(H,16,18)(H,17,20). The number of nitrogens with one attached hydrogen (secondary N) is 2. The van der Waals surface area contributed by atoms with Crippen LogP contribution in [-0.2, 0) is 14.3 Å². The predicted octanol–water partition coefficient (Wildman–Crippen LogP) is 1.72. The molecule has 0 radical (unpaired) electrons. The number of hydrogen-bond donors (Lipinski definition) is 2. The Hall–Kier alpha value is -2.37. The molecule has 114 valence electrons. The zero-order valence-corrected chi connectivity index (χ0v) is 12.6. The van der Waals surface area contributed by atoms with Gasteiger partial charge in [0, 0.05) is 5.54 Å². The number of methoxy groups -OCH3 is 1. The van der Waals surface area contributed by atoms with Gasteiger partial charge in [0.25, 0.3) is 5.91 Å². The molecule has 0 atom stereocenters. The molecule has 0 aliphatic heterocycles. The van der Waals surface area contributed by atoms with Gasteiger partial charge in [0.15, 0.2) is 0 Å². The number of carbonyl (C=O) groups is 3. The molecule has 0 aromatic heterocycles. The second-order valence-corrected chi connectivity index (χ2v) is 5.55. The van der Waals surface area contributed by atoms with E-state index in [9.17, 15) is 14.4 Å². The first-order valence-electron chi connectivity index (χ1n) is 6.51. The van der Waals surface area contributed by atoms with Crippen LogP contribution in [0.3, 0.4) is 0 Å². The predicted molar refractivity (Wildman–Crippen MR) is 78.9 cm³/mol. The fourth-order valence-corrected chi connectivity index (χ4v) is 1.60. The van der Waals surface area contributed by atoms with Gasteiger partial charge in [0.2, 0.25) is 5.91 Å². The summed E-state index contributed by atoms with van der Waals surface area (Å²) in [5.41, 5.74) is 0.305. The van der Waals surface area contributed by atoms with Gasteiger partial charge < -0.3 is 15.4 Å². The lowest BCUT2D eigenvalue weighted by atomic mass is 10.1. The van der Waals surface area contributed by atoms with Crippen molar-refractivity contribution in [3.8, 4) is 0 Å². The summed E-state index contributed by atoms with van der Waals surface area (Å²) in [6.45, 7) is 5.59. The summed E-state index contributed by atoms with van der Waals surface area (Å²) in [7, 11) is 1.21. The minimum Gasteiger partial charge on any atom is -0.469 e. The molecule has 0 heterocycles. The van der Waals surface area contributed by atoms with E-state index in [4.69, 9.17) is 0 Å². The van der Waals surface area contributed by atoms with Gasteiger partial charge in [-0.15, -0.1) is 0 Å². The van der Waals surface area contributed by atoms with Gasteiger partial charge in [-0.1, -0.05) is 12.1 Å². The average Bonchev–Trinajstić information content (AvgIpc) is 2.36. The summed E-state index contributed by atoms with van der Waals surface area (Å²) in [6.07, 6.45) is -0.397. The Bertz CT molecular complexity index is 547. The molecule has 0 spiro atoms. The smallest absolute Gasteiger partial charge is 0.315 e. The Kier molecular flexibility index (Phi) is 5.46. The normalized spacial score (nSPS) is 10.7. The van der Waals surface area contributed by atoms with Crippen LogP contribution in [0.1, 0.15) is 37.6 Å². The summed E-state index contributed by atoms with van der Waals surface area (Å²) >= 11 is 0. The highest BCUT2D eigenvalue weighted by molar-refractivity contribution is 6.07. The maximum Gasteiger partial charge on any atom is 0.315 e. The van der Waals surface area contributed by atoms with Gasteiger partial charge in [-0.05, 0) is 32.9 Å². The van der Waals surface area contributed by atoms with Crippen molar-refractivity contribution in [2.75, 3.05) is 12.4 Å². The zero-order valence-electron chi connectivity index (χ0n) is 12.6. The first-order chi connectivity index (χ1) is 9.73. The minimum atomic E-state index is -0.635. The Morgan fingerprint density at radius 2 is 1.76 bits per heavy atom. The summed E-state index contributed by atoms with van der Waals surface area (Å²) in [5.74, 6) is -1.46. The molecule has 2 amide bonds. The summed E-state index contributed by atoms with van der Waals surface area (Å²) in [5, 5.41) is 5.36. The highest BCUT2D eigenvalue weighted by Crippen LogP contribution is 2.16. The molecular formula is C15H20N2O4. The summed E-state index contributed by atoms with van der Waals surface area (Å²) in [6, 6.07) is 6.61. The van der Waals surface area contributed by atoms with Crippen molar-refractivity contribution < 1.29 is 19.1 Å². The van der Waals surface area contributed by atoms with Crippen molar-refractivity contribution >= 4 is 23.5 Å². The van der Waals surface area contributed by atoms with Crippen LogP contribution in [-0.4, -0.2) is 30.4 Å². The molecule has 0 unspecified atom stereocenters. The van der Waals surface area contributed by atoms with Gasteiger partial charge in [-0.25, -0.2) is 0 Å². The number of benzene rings is 1. The molecule has 0 saturated carbocycles. The fraction of sp³-hybridized carbons (Fsp3) is 0.400. The Labute approximate surface area is 123 Å². The van der Waals surface area contributed by atoms with Crippen LogP contribution in [0, 0.1) is 0 Å². The molecule has 1 aromatic carbocycles.